The van der Waals surface area contributed by atoms with E-state index >= 15 is 0 Å². The second-order valence-corrected chi connectivity index (χ2v) is 10.9. The highest BCUT2D eigenvalue weighted by Gasteiger charge is 2.20. The summed E-state index contributed by atoms with van der Waals surface area (Å²) in [6.45, 7) is 4.70. The molecule has 2 N–H and O–H groups in total. The summed E-state index contributed by atoms with van der Waals surface area (Å²) in [4.78, 5) is 6.85. The SMILES string of the molecule is CCCCCCCCCCCCCCCC/C(NC(=NC)N1CCCCC1)=C(\O)COC1CCC1. The summed E-state index contributed by atoms with van der Waals surface area (Å²) in [5, 5.41) is 14.3. The summed E-state index contributed by atoms with van der Waals surface area (Å²) in [6, 6.07) is 0. The van der Waals surface area contributed by atoms with Crippen LogP contribution in [0.1, 0.15) is 142 Å². The number of unbranched alkanes of at least 4 members (excludes halogenated alkanes) is 13. The number of likely N-dealkylation sites (tertiary alicyclic amines) is 1. The molecule has 1 aliphatic heterocycles. The van der Waals surface area contributed by atoms with Crippen molar-refractivity contribution in [2.45, 2.75) is 148 Å². The van der Waals surface area contributed by atoms with E-state index < -0.39 is 0 Å². The molecule has 0 amide bonds. The first-order chi connectivity index (χ1) is 17.2. The van der Waals surface area contributed by atoms with E-state index in [1.807, 2.05) is 7.05 Å². The zero-order chi connectivity index (χ0) is 25.0. The fourth-order valence-corrected chi connectivity index (χ4v) is 5.11. The first-order valence-electron chi connectivity index (χ1n) is 15.3. The van der Waals surface area contributed by atoms with Crippen LogP contribution in [0.3, 0.4) is 0 Å². The number of nitrogens with zero attached hydrogens (tertiary/aromatic N) is 2. The Bertz CT molecular complexity index is 580. The second kappa shape index (κ2) is 19.9. The Balaban J connectivity index is 1.62. The zero-order valence-corrected chi connectivity index (χ0v) is 23.3. The van der Waals surface area contributed by atoms with Gasteiger partial charge in [-0.3, -0.25) is 4.99 Å². The van der Waals surface area contributed by atoms with E-state index in [9.17, 15) is 5.11 Å². The number of hydrogen-bond donors (Lipinski definition) is 2. The van der Waals surface area contributed by atoms with Crippen molar-refractivity contribution in [2.75, 3.05) is 26.7 Å². The number of aliphatic hydroxyl groups excluding tert-OH is 1. The first kappa shape index (κ1) is 30.0. The lowest BCUT2D eigenvalue weighted by Crippen LogP contribution is -2.44. The Morgan fingerprint density at radius 2 is 1.34 bits per heavy atom. The van der Waals surface area contributed by atoms with Crippen LogP contribution in [0.15, 0.2) is 16.4 Å². The van der Waals surface area contributed by atoms with E-state index in [0.717, 1.165) is 50.4 Å². The Hall–Kier alpha value is -1.23. The van der Waals surface area contributed by atoms with Gasteiger partial charge >= 0.3 is 0 Å². The van der Waals surface area contributed by atoms with Crippen molar-refractivity contribution in [1.82, 2.24) is 10.2 Å². The minimum absolute atomic E-state index is 0.322. The molecule has 5 heteroatoms. The predicted molar refractivity (Wildman–Crippen MR) is 150 cm³/mol. The zero-order valence-electron chi connectivity index (χ0n) is 23.3. The van der Waals surface area contributed by atoms with E-state index in [1.54, 1.807) is 0 Å². The van der Waals surface area contributed by atoms with Crippen LogP contribution in [0, 0.1) is 0 Å². The topological polar surface area (TPSA) is 57.1 Å². The summed E-state index contributed by atoms with van der Waals surface area (Å²) in [7, 11) is 1.85. The quantitative estimate of drug-likeness (QED) is 0.0826. The highest BCUT2D eigenvalue weighted by atomic mass is 16.5. The van der Waals surface area contributed by atoms with Crippen LogP contribution in [0.4, 0.5) is 0 Å². The molecule has 0 spiro atoms. The fourth-order valence-electron chi connectivity index (χ4n) is 5.11. The summed E-state index contributed by atoms with van der Waals surface area (Å²) in [5.41, 5.74) is 0.912. The van der Waals surface area contributed by atoms with Gasteiger partial charge in [0.2, 0.25) is 0 Å². The number of guanidine groups is 1. The molecule has 35 heavy (non-hydrogen) atoms. The summed E-state index contributed by atoms with van der Waals surface area (Å²) >= 11 is 0. The number of aliphatic imine (C=N–C) groups is 1. The minimum atomic E-state index is 0.322. The van der Waals surface area contributed by atoms with Crippen LogP contribution >= 0.6 is 0 Å². The molecule has 5 nitrogen and oxygen atoms in total. The number of nitrogens with one attached hydrogen (secondary N) is 1. The van der Waals surface area contributed by atoms with Gasteiger partial charge in [0.1, 0.15) is 12.4 Å². The maximum Gasteiger partial charge on any atom is 0.198 e. The third-order valence-corrected chi connectivity index (χ3v) is 7.77. The van der Waals surface area contributed by atoms with Crippen LogP contribution < -0.4 is 5.32 Å². The van der Waals surface area contributed by atoms with Crippen molar-refractivity contribution in [1.29, 1.82) is 0 Å². The Morgan fingerprint density at radius 1 is 0.800 bits per heavy atom. The maximum absolute atomic E-state index is 10.8. The maximum atomic E-state index is 10.8. The Labute approximate surface area is 217 Å². The van der Waals surface area contributed by atoms with Crippen molar-refractivity contribution < 1.29 is 9.84 Å². The van der Waals surface area contributed by atoms with Gasteiger partial charge in [-0.15, -0.1) is 0 Å². The van der Waals surface area contributed by atoms with Gasteiger partial charge in [0.15, 0.2) is 5.96 Å². The number of ether oxygens (including phenoxy) is 1. The normalized spacial score (nSPS) is 17.9. The minimum Gasteiger partial charge on any atom is -0.508 e. The Kier molecular flexibility index (Phi) is 17.1. The van der Waals surface area contributed by atoms with Crippen LogP contribution in [0.5, 0.6) is 0 Å². The average molecular weight is 492 g/mol. The average Bonchev–Trinajstić information content (AvgIpc) is 2.85. The molecule has 204 valence electrons. The molecule has 1 aliphatic carbocycles. The van der Waals surface area contributed by atoms with Crippen molar-refractivity contribution in [3.63, 3.8) is 0 Å². The molecule has 2 rings (SSSR count). The molecule has 0 atom stereocenters. The van der Waals surface area contributed by atoms with E-state index in [0.29, 0.717) is 18.5 Å². The van der Waals surface area contributed by atoms with E-state index in [2.05, 4.69) is 22.1 Å². The molecule has 2 fully saturated rings. The van der Waals surface area contributed by atoms with Crippen molar-refractivity contribution in [2.24, 2.45) is 4.99 Å². The molecule has 0 bridgehead atoms. The molecule has 1 heterocycles. The van der Waals surface area contributed by atoms with Gasteiger partial charge in [0.05, 0.1) is 11.8 Å². The number of piperidine rings is 1. The lowest BCUT2D eigenvalue weighted by atomic mass is 9.96. The molecule has 0 aromatic heterocycles. The largest absolute Gasteiger partial charge is 0.508 e. The molecule has 0 aromatic rings. The Morgan fingerprint density at radius 3 is 1.83 bits per heavy atom. The van der Waals surface area contributed by atoms with Gasteiger partial charge in [-0.25, -0.2) is 0 Å². The van der Waals surface area contributed by atoms with Crippen molar-refractivity contribution in [3.05, 3.63) is 11.5 Å². The second-order valence-electron chi connectivity index (χ2n) is 10.9. The smallest absolute Gasteiger partial charge is 0.198 e. The van der Waals surface area contributed by atoms with E-state index in [4.69, 9.17) is 4.74 Å². The van der Waals surface area contributed by atoms with Crippen LogP contribution in [-0.4, -0.2) is 48.8 Å². The number of allylic oxidation sites excluding steroid dienone is 1. The summed E-state index contributed by atoms with van der Waals surface area (Å²) in [5.74, 6) is 1.27. The first-order valence-corrected chi connectivity index (χ1v) is 15.3. The fraction of sp³-hybridized carbons (Fsp3) is 0.900. The van der Waals surface area contributed by atoms with Crippen LogP contribution in [0.25, 0.3) is 0 Å². The lowest BCUT2D eigenvalue weighted by molar-refractivity contribution is 0.00261. The van der Waals surface area contributed by atoms with Crippen LogP contribution in [0.2, 0.25) is 0 Å². The molecule has 0 radical (unpaired) electrons. The monoisotopic (exact) mass is 491 g/mol. The van der Waals surface area contributed by atoms with Gasteiger partial charge in [-0.05, 0) is 51.4 Å². The summed E-state index contributed by atoms with van der Waals surface area (Å²) in [6.07, 6.45) is 27.5. The number of hydrogen-bond acceptors (Lipinski definition) is 3. The summed E-state index contributed by atoms with van der Waals surface area (Å²) < 4.78 is 5.90. The van der Waals surface area contributed by atoms with E-state index in [1.165, 1.54) is 109 Å². The third-order valence-electron chi connectivity index (χ3n) is 7.77. The van der Waals surface area contributed by atoms with Crippen molar-refractivity contribution in [3.8, 4) is 0 Å². The van der Waals surface area contributed by atoms with E-state index in [-0.39, 0.29) is 0 Å². The van der Waals surface area contributed by atoms with Gasteiger partial charge in [0, 0.05) is 20.1 Å². The van der Waals surface area contributed by atoms with Gasteiger partial charge in [-0.1, -0.05) is 90.4 Å². The highest BCUT2D eigenvalue weighted by Crippen LogP contribution is 2.23. The van der Waals surface area contributed by atoms with Crippen LogP contribution in [-0.2, 0) is 4.74 Å². The van der Waals surface area contributed by atoms with Gasteiger partial charge in [-0.2, -0.15) is 0 Å². The van der Waals surface area contributed by atoms with Crippen molar-refractivity contribution >= 4 is 5.96 Å². The number of rotatable bonds is 19. The lowest BCUT2D eigenvalue weighted by Gasteiger charge is -2.31. The molecule has 0 aromatic carbocycles. The highest BCUT2D eigenvalue weighted by molar-refractivity contribution is 5.81. The molecule has 1 saturated carbocycles. The third kappa shape index (κ3) is 13.6. The molecular formula is C30H57N3O2. The van der Waals surface area contributed by atoms with Gasteiger partial charge < -0.3 is 20.1 Å². The predicted octanol–water partition coefficient (Wildman–Crippen LogP) is 8.26. The molecule has 2 aliphatic rings. The standard InChI is InChI=1S/C30H57N3O2/c1-3-4-5-6-7-8-9-10-11-12-13-14-15-17-23-28(29(34)26-35-27-21-20-22-27)32-30(31-2)33-24-18-16-19-25-33/h27,34H,3-26H2,1-2H3,(H,31,32)/b29-28+. The molecule has 1 saturated heterocycles. The molecule has 0 unspecified atom stereocenters. The van der Waals surface area contributed by atoms with Gasteiger partial charge in [0.25, 0.3) is 0 Å². The number of aliphatic hydroxyl groups is 1. The molecular weight excluding hydrogens is 434 g/mol.